The number of esters is 1. The first-order valence-electron chi connectivity index (χ1n) is 15.1. The third-order valence-corrected chi connectivity index (χ3v) is 7.82. The Bertz CT molecular complexity index is 1390. The molecule has 0 atom stereocenters. The Morgan fingerprint density at radius 3 is 2.38 bits per heavy atom. The Balaban J connectivity index is 0.00000552. The molecular formula is C33H45BrFN3O7. The zero-order valence-corrected chi connectivity index (χ0v) is 28.8. The summed E-state index contributed by atoms with van der Waals surface area (Å²) < 4.78 is 42.8. The van der Waals surface area contributed by atoms with E-state index in [9.17, 15) is 9.59 Å². The lowest BCUT2D eigenvalue weighted by atomic mass is 9.84. The number of morpholine rings is 1. The van der Waals surface area contributed by atoms with Gasteiger partial charge in [-0.2, -0.15) is 0 Å². The summed E-state index contributed by atoms with van der Waals surface area (Å²) in [4.78, 5) is 29.3. The number of methoxy groups -OCH3 is 2. The number of Topliss-reactive ketones (excluding diaryl/α,β-unsaturated/α-hetero) is 1. The summed E-state index contributed by atoms with van der Waals surface area (Å²) in [5, 5.41) is 8.69. The molecule has 0 unspecified atom stereocenters. The minimum absolute atomic E-state index is 0. The van der Waals surface area contributed by atoms with Crippen LogP contribution in [0.25, 0.3) is 0 Å². The number of rotatable bonds is 13. The molecule has 0 aliphatic carbocycles. The van der Waals surface area contributed by atoms with Gasteiger partial charge in [-0.1, -0.05) is 20.8 Å². The van der Waals surface area contributed by atoms with Gasteiger partial charge in [-0.15, -0.1) is 17.0 Å². The summed E-state index contributed by atoms with van der Waals surface area (Å²) in [6.07, 6.45) is 1.66. The summed E-state index contributed by atoms with van der Waals surface area (Å²) >= 11 is 0. The Kier molecular flexibility index (Phi) is 12.6. The van der Waals surface area contributed by atoms with Crippen molar-refractivity contribution in [3.05, 3.63) is 46.3 Å². The van der Waals surface area contributed by atoms with Gasteiger partial charge in [0.2, 0.25) is 0 Å². The van der Waals surface area contributed by atoms with Gasteiger partial charge in [0, 0.05) is 37.2 Å². The van der Waals surface area contributed by atoms with E-state index in [-0.39, 0.29) is 70.1 Å². The summed E-state index contributed by atoms with van der Waals surface area (Å²) in [5.74, 6) is -0.251. The van der Waals surface area contributed by atoms with Gasteiger partial charge < -0.3 is 33.5 Å². The normalized spacial score (nSPS) is 14.5. The maximum absolute atomic E-state index is 15.3. The fraction of sp³-hybridized carbons (Fsp3) is 0.545. The van der Waals surface area contributed by atoms with E-state index in [1.54, 1.807) is 17.9 Å². The molecule has 0 saturated carbocycles. The molecule has 1 N–H and O–H groups in total. The standard InChI is InChI=1S/C33H44FN3O7.BrH/c1-7-43-27(39)10-8-9-13-44-30-23(33(2,3)4)16-21(17-24(30)36-11-14-42-15-12-36)25(38)20-37-19-22-18-26(40-5)31(41-6)29(34)28(22)32(37)35;/h16-18,35H,7-15,19-20H2,1-6H3;1H. The van der Waals surface area contributed by atoms with Crippen LogP contribution in [0.4, 0.5) is 10.1 Å². The van der Waals surface area contributed by atoms with Crippen molar-refractivity contribution in [3.8, 4) is 17.2 Å². The maximum Gasteiger partial charge on any atom is 0.305 e. The number of ether oxygens (including phenoxy) is 5. The number of nitrogens with zero attached hydrogens (tertiary/aromatic N) is 2. The van der Waals surface area contributed by atoms with Gasteiger partial charge in [-0.05, 0) is 48.9 Å². The number of carbonyl (C=O) groups is 2. The van der Waals surface area contributed by atoms with Gasteiger partial charge in [-0.3, -0.25) is 15.0 Å². The van der Waals surface area contributed by atoms with E-state index >= 15 is 4.39 Å². The summed E-state index contributed by atoms with van der Waals surface area (Å²) in [6.45, 7) is 11.3. The van der Waals surface area contributed by atoms with Gasteiger partial charge in [0.05, 0.1) is 58.4 Å². The number of unbranched alkanes of at least 4 members (excludes halogenated alkanes) is 1. The molecular weight excluding hydrogens is 649 g/mol. The molecule has 12 heteroatoms. The summed E-state index contributed by atoms with van der Waals surface area (Å²) in [7, 11) is 2.78. The van der Waals surface area contributed by atoms with Crippen LogP contribution in [0.3, 0.4) is 0 Å². The van der Waals surface area contributed by atoms with Crippen molar-refractivity contribution in [1.29, 1.82) is 5.41 Å². The second-order valence-electron chi connectivity index (χ2n) is 11.9. The number of anilines is 1. The number of hydrogen-bond acceptors (Lipinski definition) is 9. The van der Waals surface area contributed by atoms with Crippen molar-refractivity contribution in [2.45, 2.75) is 58.9 Å². The molecule has 10 nitrogen and oxygen atoms in total. The number of ketones is 1. The van der Waals surface area contributed by atoms with Crippen LogP contribution in [0.2, 0.25) is 0 Å². The Hall–Kier alpha value is -3.38. The number of fused-ring (bicyclic) bond motifs is 1. The number of halogens is 2. The third kappa shape index (κ3) is 8.26. The highest BCUT2D eigenvalue weighted by Gasteiger charge is 2.34. The fourth-order valence-electron chi connectivity index (χ4n) is 5.52. The highest BCUT2D eigenvalue weighted by molar-refractivity contribution is 8.93. The van der Waals surface area contributed by atoms with Crippen LogP contribution >= 0.6 is 17.0 Å². The van der Waals surface area contributed by atoms with E-state index in [0.29, 0.717) is 69.9 Å². The lowest BCUT2D eigenvalue weighted by Crippen LogP contribution is -2.37. The monoisotopic (exact) mass is 693 g/mol. The number of hydrogen-bond donors (Lipinski definition) is 1. The molecule has 45 heavy (non-hydrogen) atoms. The SMILES string of the molecule is Br.CCOC(=O)CCCCOc1c(N2CCOCC2)cc(C(=O)CN2Cc3cc(OC)c(OC)c(F)c3C2=N)cc1C(C)(C)C. The van der Waals surface area contributed by atoms with Crippen molar-refractivity contribution in [2.75, 3.05) is 65.2 Å². The molecule has 2 heterocycles. The van der Waals surface area contributed by atoms with Gasteiger partial charge in [0.25, 0.3) is 0 Å². The van der Waals surface area contributed by atoms with E-state index in [4.69, 9.17) is 29.1 Å². The van der Waals surface area contributed by atoms with E-state index in [2.05, 4.69) is 25.7 Å². The highest BCUT2D eigenvalue weighted by Crippen LogP contribution is 2.42. The quantitative estimate of drug-likeness (QED) is 0.161. The number of carbonyl (C=O) groups excluding carboxylic acids is 2. The van der Waals surface area contributed by atoms with E-state index < -0.39 is 5.82 Å². The highest BCUT2D eigenvalue weighted by atomic mass is 79.9. The zero-order chi connectivity index (χ0) is 32.0. The van der Waals surface area contributed by atoms with Crippen molar-refractivity contribution in [2.24, 2.45) is 0 Å². The van der Waals surface area contributed by atoms with Crippen LogP contribution < -0.4 is 19.1 Å². The lowest BCUT2D eigenvalue weighted by Gasteiger charge is -2.34. The maximum atomic E-state index is 15.3. The Labute approximate surface area is 275 Å². The van der Waals surface area contributed by atoms with Gasteiger partial charge >= 0.3 is 5.97 Å². The molecule has 1 fully saturated rings. The molecule has 2 aromatic rings. The molecule has 2 aliphatic heterocycles. The second-order valence-corrected chi connectivity index (χ2v) is 11.9. The molecule has 0 aromatic heterocycles. The van der Waals surface area contributed by atoms with E-state index in [0.717, 1.165) is 17.0 Å². The first-order chi connectivity index (χ1) is 21.0. The number of amidine groups is 1. The van der Waals surface area contributed by atoms with E-state index in [1.165, 1.54) is 14.2 Å². The van der Waals surface area contributed by atoms with Crippen molar-refractivity contribution >= 4 is 40.3 Å². The molecule has 0 bridgehead atoms. The first-order valence-corrected chi connectivity index (χ1v) is 15.1. The molecule has 2 aliphatic rings. The molecule has 2 aromatic carbocycles. The molecule has 0 radical (unpaired) electrons. The molecule has 4 rings (SSSR count). The van der Waals surface area contributed by atoms with Crippen LogP contribution in [0.15, 0.2) is 18.2 Å². The first kappa shape index (κ1) is 36.1. The zero-order valence-electron chi connectivity index (χ0n) is 27.0. The summed E-state index contributed by atoms with van der Waals surface area (Å²) in [6, 6.07) is 5.39. The lowest BCUT2D eigenvalue weighted by molar-refractivity contribution is -0.143. The Morgan fingerprint density at radius 2 is 1.76 bits per heavy atom. The van der Waals surface area contributed by atoms with Crippen molar-refractivity contribution < 1.29 is 37.7 Å². The van der Waals surface area contributed by atoms with Crippen LogP contribution in [-0.2, 0) is 26.2 Å². The third-order valence-electron chi connectivity index (χ3n) is 7.82. The number of nitrogens with one attached hydrogen (secondary N) is 1. The van der Waals surface area contributed by atoms with Gasteiger partial charge in [-0.25, -0.2) is 4.39 Å². The van der Waals surface area contributed by atoms with Crippen molar-refractivity contribution in [1.82, 2.24) is 4.90 Å². The van der Waals surface area contributed by atoms with E-state index in [1.807, 2.05) is 12.1 Å². The molecule has 0 spiro atoms. The number of benzene rings is 2. The Morgan fingerprint density at radius 1 is 1.04 bits per heavy atom. The smallest absolute Gasteiger partial charge is 0.305 e. The molecule has 0 amide bonds. The predicted molar refractivity (Wildman–Crippen MR) is 176 cm³/mol. The topological polar surface area (TPSA) is 111 Å². The summed E-state index contributed by atoms with van der Waals surface area (Å²) in [5.41, 5.74) is 2.51. The second kappa shape index (κ2) is 15.8. The molecule has 248 valence electrons. The minimum atomic E-state index is -0.671. The average molecular weight is 695 g/mol. The van der Waals surface area contributed by atoms with Crippen molar-refractivity contribution in [3.63, 3.8) is 0 Å². The van der Waals surface area contributed by atoms with Crippen LogP contribution in [0.5, 0.6) is 17.2 Å². The van der Waals surface area contributed by atoms with Crippen LogP contribution in [0.1, 0.15) is 74.0 Å². The minimum Gasteiger partial charge on any atom is -0.493 e. The largest absolute Gasteiger partial charge is 0.493 e. The van der Waals surface area contributed by atoms with Gasteiger partial charge in [0.15, 0.2) is 23.1 Å². The predicted octanol–water partition coefficient (Wildman–Crippen LogP) is 5.69. The molecule has 1 saturated heterocycles. The van der Waals surface area contributed by atoms with Crippen LogP contribution in [0, 0.1) is 11.2 Å². The average Bonchev–Trinajstić information content (AvgIpc) is 3.31. The van der Waals surface area contributed by atoms with Crippen LogP contribution in [-0.4, -0.2) is 82.8 Å². The van der Waals surface area contributed by atoms with Gasteiger partial charge in [0.1, 0.15) is 11.6 Å². The fourth-order valence-corrected chi connectivity index (χ4v) is 5.52.